The standard InChI is InChI=1S/C10H5F4N/c11-8-4-6-3-7(10(12,13)14)1-2-9(6)15-5-8/h1-5H. The first-order valence-corrected chi connectivity index (χ1v) is 4.09. The summed E-state index contributed by atoms with van der Waals surface area (Å²) < 4.78 is 49.6. The highest BCUT2D eigenvalue weighted by molar-refractivity contribution is 5.79. The summed E-state index contributed by atoms with van der Waals surface area (Å²) in [5.74, 6) is -0.651. The number of nitrogens with zero attached hydrogens (tertiary/aromatic N) is 1. The quantitative estimate of drug-likeness (QED) is 0.614. The summed E-state index contributed by atoms with van der Waals surface area (Å²) in [6, 6.07) is 4.05. The van der Waals surface area contributed by atoms with Gasteiger partial charge in [0.25, 0.3) is 0 Å². The third kappa shape index (κ3) is 1.91. The van der Waals surface area contributed by atoms with Crippen molar-refractivity contribution in [1.82, 2.24) is 4.98 Å². The monoisotopic (exact) mass is 215 g/mol. The number of alkyl halides is 3. The van der Waals surface area contributed by atoms with Gasteiger partial charge in [0.2, 0.25) is 0 Å². The van der Waals surface area contributed by atoms with E-state index in [0.717, 1.165) is 24.4 Å². The molecule has 0 fully saturated rings. The Bertz CT molecular complexity index is 504. The zero-order chi connectivity index (χ0) is 11.1. The van der Waals surface area contributed by atoms with E-state index in [1.807, 2.05) is 0 Å². The molecule has 1 nitrogen and oxygen atoms in total. The lowest BCUT2D eigenvalue weighted by Crippen LogP contribution is -2.04. The van der Waals surface area contributed by atoms with Gasteiger partial charge in [0.15, 0.2) is 0 Å². The van der Waals surface area contributed by atoms with Crippen LogP contribution < -0.4 is 0 Å². The Morgan fingerprint density at radius 1 is 1.07 bits per heavy atom. The molecule has 0 bridgehead atoms. The van der Waals surface area contributed by atoms with Crippen molar-refractivity contribution in [2.75, 3.05) is 0 Å². The summed E-state index contributed by atoms with van der Waals surface area (Å²) in [5, 5.41) is 0.143. The first-order valence-electron chi connectivity index (χ1n) is 4.09. The van der Waals surface area contributed by atoms with Crippen LogP contribution in [0.1, 0.15) is 5.56 Å². The fourth-order valence-electron chi connectivity index (χ4n) is 1.28. The number of halogens is 4. The first-order chi connectivity index (χ1) is 6.97. The lowest BCUT2D eigenvalue weighted by molar-refractivity contribution is -0.137. The Hall–Kier alpha value is -1.65. The Morgan fingerprint density at radius 3 is 2.47 bits per heavy atom. The second-order valence-corrected chi connectivity index (χ2v) is 3.06. The second kappa shape index (κ2) is 3.18. The van der Waals surface area contributed by atoms with Gasteiger partial charge in [-0.05, 0) is 24.3 Å². The average Bonchev–Trinajstić information content (AvgIpc) is 2.15. The van der Waals surface area contributed by atoms with Crippen molar-refractivity contribution in [2.45, 2.75) is 6.18 Å². The SMILES string of the molecule is Fc1cnc2ccc(C(F)(F)F)cc2c1. The smallest absolute Gasteiger partial charge is 0.253 e. The van der Waals surface area contributed by atoms with Gasteiger partial charge in [-0.3, -0.25) is 4.98 Å². The third-order valence-electron chi connectivity index (χ3n) is 1.98. The minimum atomic E-state index is -4.42. The topological polar surface area (TPSA) is 12.9 Å². The molecule has 0 aliphatic carbocycles. The minimum Gasteiger partial charge on any atom is -0.253 e. The Labute approximate surface area is 82.4 Å². The molecule has 0 atom stereocenters. The molecule has 2 rings (SSSR count). The van der Waals surface area contributed by atoms with Gasteiger partial charge in [0.1, 0.15) is 5.82 Å². The van der Waals surface area contributed by atoms with Crippen LogP contribution in [0.2, 0.25) is 0 Å². The van der Waals surface area contributed by atoms with Crippen molar-refractivity contribution in [2.24, 2.45) is 0 Å². The Kier molecular flexibility index (Phi) is 2.10. The Morgan fingerprint density at radius 2 is 1.80 bits per heavy atom. The van der Waals surface area contributed by atoms with E-state index < -0.39 is 17.6 Å². The van der Waals surface area contributed by atoms with Crippen LogP contribution in [0.15, 0.2) is 30.5 Å². The molecule has 1 aromatic heterocycles. The van der Waals surface area contributed by atoms with Gasteiger partial charge in [-0.1, -0.05) is 0 Å². The van der Waals surface area contributed by atoms with Crippen LogP contribution in [0.4, 0.5) is 17.6 Å². The van der Waals surface area contributed by atoms with Gasteiger partial charge in [-0.25, -0.2) is 4.39 Å². The Balaban J connectivity index is 2.64. The van der Waals surface area contributed by atoms with E-state index in [1.165, 1.54) is 6.07 Å². The molecule has 78 valence electrons. The molecule has 0 saturated carbocycles. The molecule has 0 saturated heterocycles. The van der Waals surface area contributed by atoms with Gasteiger partial charge in [-0.2, -0.15) is 13.2 Å². The van der Waals surface area contributed by atoms with Crippen molar-refractivity contribution < 1.29 is 17.6 Å². The van der Waals surface area contributed by atoms with Crippen molar-refractivity contribution in [1.29, 1.82) is 0 Å². The van der Waals surface area contributed by atoms with Crippen molar-refractivity contribution in [3.63, 3.8) is 0 Å². The maximum atomic E-state index is 12.7. The van der Waals surface area contributed by atoms with Crippen LogP contribution in [-0.2, 0) is 6.18 Å². The molecule has 2 aromatic rings. The summed E-state index contributed by atoms with van der Waals surface area (Å²) in [6.07, 6.45) is -3.45. The molecule has 0 N–H and O–H groups in total. The highest BCUT2D eigenvalue weighted by Crippen LogP contribution is 2.30. The molecular formula is C10H5F4N. The van der Waals surface area contributed by atoms with E-state index in [9.17, 15) is 17.6 Å². The zero-order valence-corrected chi connectivity index (χ0v) is 7.35. The number of pyridine rings is 1. The van der Waals surface area contributed by atoms with E-state index in [2.05, 4.69) is 4.98 Å². The highest BCUT2D eigenvalue weighted by atomic mass is 19.4. The zero-order valence-electron chi connectivity index (χ0n) is 7.35. The van der Waals surface area contributed by atoms with Crippen LogP contribution in [0, 0.1) is 5.82 Å². The van der Waals surface area contributed by atoms with Gasteiger partial charge >= 0.3 is 6.18 Å². The van der Waals surface area contributed by atoms with Gasteiger partial charge in [0.05, 0.1) is 17.3 Å². The summed E-state index contributed by atoms with van der Waals surface area (Å²) in [4.78, 5) is 3.66. The fourth-order valence-corrected chi connectivity index (χ4v) is 1.28. The van der Waals surface area contributed by atoms with Crippen LogP contribution in [0.3, 0.4) is 0 Å². The van der Waals surface area contributed by atoms with Crippen LogP contribution in [-0.4, -0.2) is 4.98 Å². The van der Waals surface area contributed by atoms with Gasteiger partial charge < -0.3 is 0 Å². The predicted molar refractivity (Wildman–Crippen MR) is 46.7 cm³/mol. The van der Waals surface area contributed by atoms with Crippen LogP contribution in [0.5, 0.6) is 0 Å². The lowest BCUT2D eigenvalue weighted by Gasteiger charge is -2.06. The van der Waals surface area contributed by atoms with E-state index in [1.54, 1.807) is 0 Å². The molecule has 0 amide bonds. The molecular weight excluding hydrogens is 210 g/mol. The molecule has 5 heteroatoms. The van der Waals surface area contributed by atoms with Gasteiger partial charge in [-0.15, -0.1) is 0 Å². The summed E-state index contributed by atoms with van der Waals surface area (Å²) in [7, 11) is 0. The van der Waals surface area contributed by atoms with Crippen molar-refractivity contribution in [3.05, 3.63) is 41.8 Å². The van der Waals surface area contributed by atoms with E-state index in [4.69, 9.17) is 0 Å². The van der Waals surface area contributed by atoms with Gasteiger partial charge in [0, 0.05) is 5.39 Å². The van der Waals surface area contributed by atoms with Crippen molar-refractivity contribution in [3.8, 4) is 0 Å². The van der Waals surface area contributed by atoms with Crippen LogP contribution in [0.25, 0.3) is 10.9 Å². The first kappa shape index (κ1) is 9.89. The normalized spacial score (nSPS) is 12.0. The number of aromatic nitrogens is 1. The molecule has 0 aliphatic rings. The third-order valence-corrected chi connectivity index (χ3v) is 1.98. The maximum Gasteiger partial charge on any atom is 0.416 e. The molecule has 0 aliphatic heterocycles. The van der Waals surface area contributed by atoms with E-state index in [0.29, 0.717) is 5.52 Å². The fraction of sp³-hybridized carbons (Fsp3) is 0.100. The largest absolute Gasteiger partial charge is 0.416 e. The second-order valence-electron chi connectivity index (χ2n) is 3.06. The molecule has 0 spiro atoms. The number of hydrogen-bond donors (Lipinski definition) is 0. The molecule has 0 radical (unpaired) electrons. The van der Waals surface area contributed by atoms with E-state index in [-0.39, 0.29) is 5.39 Å². The molecule has 1 heterocycles. The number of hydrogen-bond acceptors (Lipinski definition) is 1. The number of fused-ring (bicyclic) bond motifs is 1. The van der Waals surface area contributed by atoms with Crippen LogP contribution >= 0.6 is 0 Å². The lowest BCUT2D eigenvalue weighted by atomic mass is 10.1. The summed E-state index contributed by atoms with van der Waals surface area (Å²) in [6.45, 7) is 0. The highest BCUT2D eigenvalue weighted by Gasteiger charge is 2.30. The molecule has 0 unspecified atom stereocenters. The maximum absolute atomic E-state index is 12.7. The van der Waals surface area contributed by atoms with Crippen molar-refractivity contribution >= 4 is 10.9 Å². The molecule has 15 heavy (non-hydrogen) atoms. The molecule has 1 aromatic carbocycles. The summed E-state index contributed by atoms with van der Waals surface area (Å²) >= 11 is 0. The summed E-state index contributed by atoms with van der Waals surface area (Å²) in [5.41, 5.74) is -0.466. The predicted octanol–water partition coefficient (Wildman–Crippen LogP) is 3.39. The number of rotatable bonds is 0. The minimum absolute atomic E-state index is 0.143. The average molecular weight is 215 g/mol. The van der Waals surface area contributed by atoms with E-state index >= 15 is 0 Å². The number of benzene rings is 1.